The molecule has 0 aliphatic carbocycles. The number of hydrogen-bond donors (Lipinski definition) is 1. The van der Waals surface area contributed by atoms with E-state index in [1.54, 1.807) is 28.6 Å². The predicted octanol–water partition coefficient (Wildman–Crippen LogP) is 2.64. The zero-order chi connectivity index (χ0) is 15.6. The Hall–Kier alpha value is -0.560. The molecule has 1 aliphatic rings. The highest BCUT2D eigenvalue weighted by Crippen LogP contribution is 2.29. The molecule has 6 heteroatoms. The van der Waals surface area contributed by atoms with Crippen LogP contribution in [0, 0.1) is 0 Å². The molecule has 0 aromatic heterocycles. The SMILES string of the molecule is CCC(O)c1cccc(S(=O)(=O)N2CC(C)SC(C)C2)c1. The lowest BCUT2D eigenvalue weighted by molar-refractivity contribution is 0.173. The average Bonchev–Trinajstić information content (AvgIpc) is 2.45. The van der Waals surface area contributed by atoms with Gasteiger partial charge in [0, 0.05) is 23.6 Å². The molecule has 0 radical (unpaired) electrons. The van der Waals surface area contributed by atoms with Gasteiger partial charge in [0.25, 0.3) is 0 Å². The maximum absolute atomic E-state index is 12.8. The molecule has 1 aromatic rings. The molecule has 2 rings (SSSR count). The van der Waals surface area contributed by atoms with E-state index in [-0.39, 0.29) is 4.90 Å². The molecule has 0 amide bonds. The van der Waals surface area contributed by atoms with Gasteiger partial charge >= 0.3 is 0 Å². The van der Waals surface area contributed by atoms with E-state index in [0.29, 0.717) is 35.6 Å². The van der Waals surface area contributed by atoms with Gasteiger partial charge in [-0.05, 0) is 24.1 Å². The van der Waals surface area contributed by atoms with Crippen LogP contribution in [0.2, 0.25) is 0 Å². The molecular formula is C15H23NO3S2. The topological polar surface area (TPSA) is 57.6 Å². The van der Waals surface area contributed by atoms with Gasteiger partial charge < -0.3 is 5.11 Å². The third-order valence-corrected chi connectivity index (χ3v) is 6.71. The van der Waals surface area contributed by atoms with E-state index in [4.69, 9.17) is 0 Å². The number of sulfonamides is 1. The van der Waals surface area contributed by atoms with E-state index in [0.717, 1.165) is 0 Å². The number of thioether (sulfide) groups is 1. The number of hydrogen-bond acceptors (Lipinski definition) is 4. The summed E-state index contributed by atoms with van der Waals surface area (Å²) in [6.45, 7) is 7.06. The quantitative estimate of drug-likeness (QED) is 0.922. The van der Waals surface area contributed by atoms with Crippen LogP contribution in [-0.2, 0) is 10.0 Å². The lowest BCUT2D eigenvalue weighted by Gasteiger charge is -2.33. The summed E-state index contributed by atoms with van der Waals surface area (Å²) in [6.07, 6.45) is -0.0484. The lowest BCUT2D eigenvalue weighted by atomic mass is 10.1. The van der Waals surface area contributed by atoms with Crippen molar-refractivity contribution in [2.24, 2.45) is 0 Å². The van der Waals surface area contributed by atoms with Gasteiger partial charge in [0.1, 0.15) is 0 Å². The van der Waals surface area contributed by atoms with Crippen LogP contribution in [0.15, 0.2) is 29.2 Å². The number of aliphatic hydroxyl groups is 1. The van der Waals surface area contributed by atoms with Crippen molar-refractivity contribution < 1.29 is 13.5 Å². The summed E-state index contributed by atoms with van der Waals surface area (Å²) < 4.78 is 27.1. The predicted molar refractivity (Wildman–Crippen MR) is 87.0 cm³/mol. The molecule has 3 atom stereocenters. The zero-order valence-corrected chi connectivity index (χ0v) is 14.3. The van der Waals surface area contributed by atoms with Gasteiger partial charge in [-0.1, -0.05) is 32.9 Å². The highest BCUT2D eigenvalue weighted by atomic mass is 32.2. The molecule has 1 N–H and O–H groups in total. The second-order valence-electron chi connectivity index (χ2n) is 5.58. The first-order valence-corrected chi connectivity index (χ1v) is 9.66. The van der Waals surface area contributed by atoms with Crippen molar-refractivity contribution in [3.8, 4) is 0 Å². The van der Waals surface area contributed by atoms with E-state index in [9.17, 15) is 13.5 Å². The molecule has 0 spiro atoms. The molecule has 1 fully saturated rings. The van der Waals surface area contributed by atoms with Gasteiger partial charge in [-0.25, -0.2) is 8.42 Å². The van der Waals surface area contributed by atoms with Crippen molar-refractivity contribution in [3.63, 3.8) is 0 Å². The third kappa shape index (κ3) is 3.80. The van der Waals surface area contributed by atoms with Crippen molar-refractivity contribution in [3.05, 3.63) is 29.8 Å². The standard InChI is InChI=1S/C15H23NO3S2/c1-4-15(17)13-6-5-7-14(8-13)21(18,19)16-9-11(2)20-12(3)10-16/h5-8,11-12,15,17H,4,9-10H2,1-3H3. The molecular weight excluding hydrogens is 306 g/mol. The van der Waals surface area contributed by atoms with Crippen molar-refractivity contribution in [2.45, 2.75) is 48.7 Å². The van der Waals surface area contributed by atoms with Gasteiger partial charge in [0.15, 0.2) is 0 Å². The molecule has 1 aromatic carbocycles. The highest BCUT2D eigenvalue weighted by molar-refractivity contribution is 8.00. The Labute approximate surface area is 131 Å². The van der Waals surface area contributed by atoms with E-state index in [1.165, 1.54) is 0 Å². The van der Waals surface area contributed by atoms with Crippen LogP contribution in [0.3, 0.4) is 0 Å². The van der Waals surface area contributed by atoms with Crippen LogP contribution in [0.1, 0.15) is 38.9 Å². The number of rotatable bonds is 4. The summed E-state index contributed by atoms with van der Waals surface area (Å²) in [5, 5.41) is 10.5. The molecule has 118 valence electrons. The lowest BCUT2D eigenvalue weighted by Crippen LogP contribution is -2.43. The van der Waals surface area contributed by atoms with Gasteiger partial charge in [-0.2, -0.15) is 16.1 Å². The third-order valence-electron chi connectivity index (χ3n) is 3.65. The Morgan fingerprint density at radius 1 is 1.33 bits per heavy atom. The van der Waals surface area contributed by atoms with Crippen molar-refractivity contribution >= 4 is 21.8 Å². The Kier molecular flexibility index (Phi) is 5.35. The maximum atomic E-state index is 12.8. The maximum Gasteiger partial charge on any atom is 0.243 e. The first kappa shape index (κ1) is 16.8. The molecule has 1 heterocycles. The first-order chi connectivity index (χ1) is 9.84. The normalized spacial score (nSPS) is 25.7. The number of nitrogens with zero attached hydrogens (tertiary/aromatic N) is 1. The minimum absolute atomic E-state index is 0.277. The Morgan fingerprint density at radius 2 is 1.95 bits per heavy atom. The first-order valence-electron chi connectivity index (χ1n) is 7.28. The largest absolute Gasteiger partial charge is 0.388 e. The van der Waals surface area contributed by atoms with Crippen LogP contribution in [-0.4, -0.2) is 41.4 Å². The zero-order valence-electron chi connectivity index (χ0n) is 12.7. The second kappa shape index (κ2) is 6.69. The van der Waals surface area contributed by atoms with E-state index in [1.807, 2.05) is 18.7 Å². The molecule has 3 unspecified atom stereocenters. The average molecular weight is 329 g/mol. The fourth-order valence-electron chi connectivity index (χ4n) is 2.59. The Bertz CT molecular complexity index is 578. The molecule has 1 aliphatic heterocycles. The smallest absolute Gasteiger partial charge is 0.243 e. The molecule has 0 saturated carbocycles. The summed E-state index contributed by atoms with van der Waals surface area (Å²) in [6, 6.07) is 6.68. The minimum atomic E-state index is -3.48. The number of aliphatic hydroxyl groups excluding tert-OH is 1. The van der Waals surface area contributed by atoms with Crippen LogP contribution in [0.5, 0.6) is 0 Å². The van der Waals surface area contributed by atoms with Crippen LogP contribution < -0.4 is 0 Å². The van der Waals surface area contributed by atoms with Gasteiger partial charge in [-0.15, -0.1) is 0 Å². The molecule has 21 heavy (non-hydrogen) atoms. The second-order valence-corrected chi connectivity index (χ2v) is 9.40. The van der Waals surface area contributed by atoms with E-state index < -0.39 is 16.1 Å². The van der Waals surface area contributed by atoms with E-state index >= 15 is 0 Å². The molecule has 0 bridgehead atoms. The molecule has 4 nitrogen and oxygen atoms in total. The summed E-state index contributed by atoms with van der Waals surface area (Å²) in [5.74, 6) is 0. The summed E-state index contributed by atoms with van der Waals surface area (Å²) in [4.78, 5) is 0.277. The number of benzene rings is 1. The van der Waals surface area contributed by atoms with Gasteiger partial charge in [-0.3, -0.25) is 0 Å². The van der Waals surface area contributed by atoms with Crippen LogP contribution >= 0.6 is 11.8 Å². The van der Waals surface area contributed by atoms with Crippen LogP contribution in [0.25, 0.3) is 0 Å². The Morgan fingerprint density at radius 3 is 2.52 bits per heavy atom. The van der Waals surface area contributed by atoms with Gasteiger partial charge in [0.2, 0.25) is 10.0 Å². The van der Waals surface area contributed by atoms with E-state index in [2.05, 4.69) is 13.8 Å². The monoisotopic (exact) mass is 329 g/mol. The summed E-state index contributed by atoms with van der Waals surface area (Å²) >= 11 is 1.82. The van der Waals surface area contributed by atoms with Crippen molar-refractivity contribution in [1.29, 1.82) is 0 Å². The molecule has 1 saturated heterocycles. The minimum Gasteiger partial charge on any atom is -0.388 e. The van der Waals surface area contributed by atoms with Crippen molar-refractivity contribution in [2.75, 3.05) is 13.1 Å². The van der Waals surface area contributed by atoms with Crippen LogP contribution in [0.4, 0.5) is 0 Å². The Balaban J connectivity index is 2.31. The fourth-order valence-corrected chi connectivity index (χ4v) is 5.78. The summed E-state index contributed by atoms with van der Waals surface area (Å²) in [7, 11) is -3.48. The fraction of sp³-hybridized carbons (Fsp3) is 0.600. The summed E-state index contributed by atoms with van der Waals surface area (Å²) in [5.41, 5.74) is 0.658. The van der Waals surface area contributed by atoms with Gasteiger partial charge in [0.05, 0.1) is 11.0 Å². The van der Waals surface area contributed by atoms with Crippen molar-refractivity contribution in [1.82, 2.24) is 4.31 Å². The highest BCUT2D eigenvalue weighted by Gasteiger charge is 2.32.